The van der Waals surface area contributed by atoms with Gasteiger partial charge < -0.3 is 0 Å². The zero-order valence-corrected chi connectivity index (χ0v) is 14.7. The van der Waals surface area contributed by atoms with E-state index in [4.69, 9.17) is 0 Å². The number of aromatic amines is 1. The number of rotatable bonds is 4. The van der Waals surface area contributed by atoms with E-state index in [1.165, 1.54) is 5.56 Å². The molecule has 6 nitrogen and oxygen atoms in total. The van der Waals surface area contributed by atoms with Crippen LogP contribution < -0.4 is 10.9 Å². The molecule has 0 aliphatic carbocycles. The van der Waals surface area contributed by atoms with E-state index < -0.39 is 5.91 Å². The molecule has 2 amide bonds. The molecule has 0 aliphatic rings. The number of nitrogens with zero attached hydrogens (tertiary/aromatic N) is 1. The van der Waals surface area contributed by atoms with Crippen LogP contribution in [-0.2, 0) is 11.2 Å². The minimum absolute atomic E-state index is 0.194. The Kier molecular flexibility index (Phi) is 5.12. The van der Waals surface area contributed by atoms with Crippen molar-refractivity contribution in [1.82, 2.24) is 21.0 Å². The first kappa shape index (κ1) is 17.4. The molecule has 0 fully saturated rings. The monoisotopic (exact) mass is 348 g/mol. The zero-order valence-electron chi connectivity index (χ0n) is 14.7. The van der Waals surface area contributed by atoms with Crippen LogP contribution in [0.2, 0.25) is 0 Å². The maximum absolute atomic E-state index is 12.1. The Balaban J connectivity index is 1.56. The fraction of sp³-hybridized carbons (Fsp3) is 0.150. The van der Waals surface area contributed by atoms with Crippen LogP contribution in [0.15, 0.2) is 54.6 Å². The van der Waals surface area contributed by atoms with Crippen molar-refractivity contribution in [3.63, 3.8) is 0 Å². The van der Waals surface area contributed by atoms with Gasteiger partial charge in [0.1, 0.15) is 5.69 Å². The standard InChI is InChI=1S/C20H20N4O2/c1-13-8-9-15(10-14(13)2)11-19(25)23-24-20(26)18-12-17(21-22-18)16-6-4-3-5-7-16/h3-10,12H,11H2,1-2H3,(H,21,22)(H,23,25)(H,24,26). The van der Waals surface area contributed by atoms with E-state index in [0.29, 0.717) is 5.69 Å². The number of hydrogen-bond acceptors (Lipinski definition) is 3. The Morgan fingerprint density at radius 2 is 1.73 bits per heavy atom. The summed E-state index contributed by atoms with van der Waals surface area (Å²) in [6, 6.07) is 17.0. The summed E-state index contributed by atoms with van der Waals surface area (Å²) in [6.07, 6.45) is 0.194. The van der Waals surface area contributed by atoms with Crippen LogP contribution in [0.4, 0.5) is 0 Å². The molecule has 0 spiro atoms. The maximum atomic E-state index is 12.1. The number of hydrazine groups is 1. The van der Waals surface area contributed by atoms with E-state index >= 15 is 0 Å². The minimum Gasteiger partial charge on any atom is -0.273 e. The molecule has 0 bridgehead atoms. The second-order valence-electron chi connectivity index (χ2n) is 6.13. The highest BCUT2D eigenvalue weighted by Gasteiger charge is 2.12. The second kappa shape index (κ2) is 7.65. The van der Waals surface area contributed by atoms with Gasteiger partial charge in [-0.1, -0.05) is 48.5 Å². The first-order valence-corrected chi connectivity index (χ1v) is 8.29. The minimum atomic E-state index is -0.451. The molecule has 3 N–H and O–H groups in total. The summed E-state index contributed by atoms with van der Waals surface area (Å²) in [5, 5.41) is 6.80. The Morgan fingerprint density at radius 3 is 2.46 bits per heavy atom. The van der Waals surface area contributed by atoms with Crippen LogP contribution in [0.5, 0.6) is 0 Å². The summed E-state index contributed by atoms with van der Waals surface area (Å²) < 4.78 is 0. The van der Waals surface area contributed by atoms with Gasteiger partial charge in [-0.25, -0.2) is 0 Å². The normalized spacial score (nSPS) is 10.4. The molecule has 0 atom stereocenters. The Morgan fingerprint density at radius 1 is 0.962 bits per heavy atom. The highest BCUT2D eigenvalue weighted by molar-refractivity contribution is 5.94. The fourth-order valence-corrected chi connectivity index (χ4v) is 2.53. The van der Waals surface area contributed by atoms with Gasteiger partial charge in [0, 0.05) is 5.56 Å². The van der Waals surface area contributed by atoms with Crippen molar-refractivity contribution in [1.29, 1.82) is 0 Å². The van der Waals surface area contributed by atoms with Gasteiger partial charge in [-0.05, 0) is 36.6 Å². The molecule has 2 aromatic carbocycles. The molecule has 132 valence electrons. The first-order valence-electron chi connectivity index (χ1n) is 8.29. The number of benzene rings is 2. The number of aryl methyl sites for hydroxylation is 2. The quantitative estimate of drug-likeness (QED) is 0.634. The van der Waals surface area contributed by atoms with Gasteiger partial charge in [0.25, 0.3) is 5.91 Å². The highest BCUT2D eigenvalue weighted by atomic mass is 16.2. The van der Waals surface area contributed by atoms with Crippen molar-refractivity contribution in [3.8, 4) is 11.3 Å². The van der Waals surface area contributed by atoms with E-state index in [-0.39, 0.29) is 18.0 Å². The number of carbonyl (C=O) groups excluding carboxylic acids is 2. The molecule has 1 aromatic heterocycles. The molecule has 0 unspecified atom stereocenters. The van der Waals surface area contributed by atoms with Gasteiger partial charge in [-0.2, -0.15) is 5.10 Å². The van der Waals surface area contributed by atoms with Gasteiger partial charge in [0.2, 0.25) is 5.91 Å². The van der Waals surface area contributed by atoms with Crippen LogP contribution in [0.3, 0.4) is 0 Å². The number of aromatic nitrogens is 2. The third-order valence-corrected chi connectivity index (χ3v) is 4.14. The van der Waals surface area contributed by atoms with Gasteiger partial charge in [0.15, 0.2) is 0 Å². The lowest BCUT2D eigenvalue weighted by atomic mass is 10.0. The van der Waals surface area contributed by atoms with E-state index in [9.17, 15) is 9.59 Å². The molecule has 26 heavy (non-hydrogen) atoms. The summed E-state index contributed by atoms with van der Waals surface area (Å²) in [7, 11) is 0. The number of nitrogens with one attached hydrogen (secondary N) is 3. The fourth-order valence-electron chi connectivity index (χ4n) is 2.53. The summed E-state index contributed by atoms with van der Waals surface area (Å²) in [4.78, 5) is 24.2. The molecule has 3 rings (SSSR count). The van der Waals surface area contributed by atoms with Crippen molar-refractivity contribution in [2.45, 2.75) is 20.3 Å². The van der Waals surface area contributed by atoms with Crippen LogP contribution in [0, 0.1) is 13.8 Å². The van der Waals surface area contributed by atoms with E-state index in [1.807, 2.05) is 62.4 Å². The molecule has 0 saturated carbocycles. The molecule has 0 saturated heterocycles. The van der Waals surface area contributed by atoms with Crippen molar-refractivity contribution >= 4 is 11.8 Å². The second-order valence-corrected chi connectivity index (χ2v) is 6.13. The Hall–Kier alpha value is -3.41. The highest BCUT2D eigenvalue weighted by Crippen LogP contribution is 2.16. The predicted octanol–water partition coefficient (Wildman–Crippen LogP) is 2.70. The summed E-state index contributed by atoms with van der Waals surface area (Å²) >= 11 is 0. The van der Waals surface area contributed by atoms with Gasteiger partial charge in [-0.3, -0.25) is 25.5 Å². The van der Waals surface area contributed by atoms with E-state index in [0.717, 1.165) is 16.7 Å². The topological polar surface area (TPSA) is 86.9 Å². The molecule has 6 heteroatoms. The molecule has 1 heterocycles. The average molecular weight is 348 g/mol. The lowest BCUT2D eigenvalue weighted by Gasteiger charge is -2.07. The summed E-state index contributed by atoms with van der Waals surface area (Å²) in [5.41, 5.74) is 9.87. The summed E-state index contributed by atoms with van der Waals surface area (Å²) in [5.74, 6) is -0.738. The Bertz CT molecular complexity index is 932. The van der Waals surface area contributed by atoms with Crippen molar-refractivity contribution < 1.29 is 9.59 Å². The predicted molar refractivity (Wildman–Crippen MR) is 99.3 cm³/mol. The number of hydrogen-bond donors (Lipinski definition) is 3. The van der Waals surface area contributed by atoms with Crippen molar-refractivity contribution in [2.75, 3.05) is 0 Å². The van der Waals surface area contributed by atoms with Crippen molar-refractivity contribution in [3.05, 3.63) is 77.0 Å². The average Bonchev–Trinajstić information content (AvgIpc) is 3.14. The SMILES string of the molecule is Cc1ccc(CC(=O)NNC(=O)c2cc(-c3ccccc3)n[nH]2)cc1C. The Labute approximate surface area is 151 Å². The van der Waals surface area contributed by atoms with Crippen LogP contribution in [-0.4, -0.2) is 22.0 Å². The third-order valence-electron chi connectivity index (χ3n) is 4.14. The van der Waals surface area contributed by atoms with Crippen molar-refractivity contribution in [2.24, 2.45) is 0 Å². The van der Waals surface area contributed by atoms with Crippen LogP contribution in [0.1, 0.15) is 27.2 Å². The third kappa shape index (κ3) is 4.16. The maximum Gasteiger partial charge on any atom is 0.287 e. The van der Waals surface area contributed by atoms with Gasteiger partial charge in [0.05, 0.1) is 12.1 Å². The summed E-state index contributed by atoms with van der Waals surface area (Å²) in [6.45, 7) is 4.02. The molecular weight excluding hydrogens is 328 g/mol. The van der Waals surface area contributed by atoms with E-state index in [2.05, 4.69) is 21.0 Å². The lowest BCUT2D eigenvalue weighted by molar-refractivity contribution is -0.121. The zero-order chi connectivity index (χ0) is 18.5. The largest absolute Gasteiger partial charge is 0.287 e. The van der Waals surface area contributed by atoms with Gasteiger partial charge >= 0.3 is 0 Å². The molecule has 0 radical (unpaired) electrons. The molecular formula is C20H20N4O2. The van der Waals surface area contributed by atoms with Gasteiger partial charge in [-0.15, -0.1) is 0 Å². The molecule has 3 aromatic rings. The van der Waals surface area contributed by atoms with Crippen LogP contribution >= 0.6 is 0 Å². The number of amides is 2. The lowest BCUT2D eigenvalue weighted by Crippen LogP contribution is -2.42. The molecule has 0 aliphatic heterocycles. The smallest absolute Gasteiger partial charge is 0.273 e. The first-order chi connectivity index (χ1) is 12.5. The van der Waals surface area contributed by atoms with E-state index in [1.54, 1.807) is 6.07 Å². The number of carbonyl (C=O) groups is 2. The van der Waals surface area contributed by atoms with Crippen LogP contribution in [0.25, 0.3) is 11.3 Å². The number of H-pyrrole nitrogens is 1.